The van der Waals surface area contributed by atoms with E-state index in [2.05, 4.69) is 31.8 Å². The highest BCUT2D eigenvalue weighted by molar-refractivity contribution is 9.10. The van der Waals surface area contributed by atoms with Crippen LogP contribution in [0, 0.1) is 0 Å². The average molecular weight is 417 g/mol. The maximum Gasteiger partial charge on any atom is 0.288 e. The summed E-state index contributed by atoms with van der Waals surface area (Å²) < 4.78 is 0.877. The Hall–Kier alpha value is -2.74. The van der Waals surface area contributed by atoms with Crippen LogP contribution in [-0.4, -0.2) is 40.2 Å². The van der Waals surface area contributed by atoms with Crippen molar-refractivity contribution in [2.45, 2.75) is 18.9 Å². The number of hydrogen-bond donors (Lipinski definition) is 2. The van der Waals surface area contributed by atoms with E-state index >= 15 is 0 Å². The molecular formula is C18H17BrN4O3. The first-order valence-electron chi connectivity index (χ1n) is 8.14. The second-order valence-corrected chi connectivity index (χ2v) is 6.74. The van der Waals surface area contributed by atoms with Crippen LogP contribution in [0.5, 0.6) is 0 Å². The Balaban J connectivity index is 1.62. The molecule has 2 aromatic rings. The molecule has 0 radical (unpaired) electrons. The maximum absolute atomic E-state index is 12.7. The number of aromatic nitrogens is 1. The van der Waals surface area contributed by atoms with Crippen LogP contribution < -0.4 is 10.9 Å². The highest BCUT2D eigenvalue weighted by Crippen LogP contribution is 2.21. The Morgan fingerprint density at radius 1 is 1.08 bits per heavy atom. The van der Waals surface area contributed by atoms with E-state index in [9.17, 15) is 14.4 Å². The lowest BCUT2D eigenvalue weighted by Gasteiger charge is -2.24. The lowest BCUT2D eigenvalue weighted by molar-refractivity contribution is -0.125. The second kappa shape index (κ2) is 8.09. The lowest BCUT2D eigenvalue weighted by atomic mass is 10.1. The van der Waals surface area contributed by atoms with E-state index in [0.29, 0.717) is 18.5 Å². The van der Waals surface area contributed by atoms with Crippen molar-refractivity contribution in [3.8, 4) is 0 Å². The van der Waals surface area contributed by atoms with E-state index in [1.165, 1.54) is 11.1 Å². The fourth-order valence-electron chi connectivity index (χ4n) is 2.80. The molecule has 2 heterocycles. The molecule has 134 valence electrons. The highest BCUT2D eigenvalue weighted by atomic mass is 79.9. The first-order valence-corrected chi connectivity index (χ1v) is 8.93. The van der Waals surface area contributed by atoms with Crippen molar-refractivity contribution in [1.82, 2.24) is 20.7 Å². The van der Waals surface area contributed by atoms with E-state index in [0.717, 1.165) is 10.9 Å². The van der Waals surface area contributed by atoms with E-state index in [1.807, 2.05) is 0 Å². The molecule has 1 aromatic heterocycles. The van der Waals surface area contributed by atoms with Crippen LogP contribution in [-0.2, 0) is 4.79 Å². The summed E-state index contributed by atoms with van der Waals surface area (Å²) in [5, 5.41) is 0. The van der Waals surface area contributed by atoms with Gasteiger partial charge in [-0.15, -0.1) is 0 Å². The SMILES string of the molecule is O=C(NNC(=O)C1CCCN1C(=O)c1ccc(Br)cc1)c1ccccn1. The molecule has 0 aliphatic carbocycles. The topological polar surface area (TPSA) is 91.4 Å². The number of halogens is 1. The van der Waals surface area contributed by atoms with Gasteiger partial charge in [0.15, 0.2) is 0 Å². The van der Waals surface area contributed by atoms with Gasteiger partial charge in [-0.05, 0) is 49.2 Å². The molecule has 0 bridgehead atoms. The number of nitrogens with zero attached hydrogens (tertiary/aromatic N) is 2. The van der Waals surface area contributed by atoms with Gasteiger partial charge in [0.25, 0.3) is 17.7 Å². The summed E-state index contributed by atoms with van der Waals surface area (Å²) in [6, 6.07) is 11.3. The van der Waals surface area contributed by atoms with Crippen molar-refractivity contribution in [3.63, 3.8) is 0 Å². The number of likely N-dealkylation sites (tertiary alicyclic amines) is 1. The molecule has 1 fully saturated rings. The third kappa shape index (κ3) is 4.08. The number of hydrogen-bond acceptors (Lipinski definition) is 4. The quantitative estimate of drug-likeness (QED) is 0.747. The van der Waals surface area contributed by atoms with Gasteiger partial charge in [0.05, 0.1) is 0 Å². The zero-order valence-corrected chi connectivity index (χ0v) is 15.4. The van der Waals surface area contributed by atoms with Crippen molar-refractivity contribution in [2.24, 2.45) is 0 Å². The van der Waals surface area contributed by atoms with Crippen LogP contribution in [0.3, 0.4) is 0 Å². The molecule has 1 aliphatic heterocycles. The van der Waals surface area contributed by atoms with Crippen molar-refractivity contribution in [3.05, 3.63) is 64.4 Å². The van der Waals surface area contributed by atoms with Crippen molar-refractivity contribution < 1.29 is 14.4 Å². The molecule has 3 rings (SSSR count). The molecule has 2 N–H and O–H groups in total. The monoisotopic (exact) mass is 416 g/mol. The largest absolute Gasteiger partial charge is 0.327 e. The number of hydrazine groups is 1. The Labute approximate surface area is 158 Å². The van der Waals surface area contributed by atoms with Crippen LogP contribution in [0.25, 0.3) is 0 Å². The number of amides is 3. The van der Waals surface area contributed by atoms with Gasteiger partial charge >= 0.3 is 0 Å². The van der Waals surface area contributed by atoms with Gasteiger partial charge in [-0.25, -0.2) is 0 Å². The van der Waals surface area contributed by atoms with Gasteiger partial charge < -0.3 is 4.90 Å². The summed E-state index contributed by atoms with van der Waals surface area (Å²) >= 11 is 3.33. The predicted octanol–water partition coefficient (Wildman–Crippen LogP) is 1.91. The summed E-state index contributed by atoms with van der Waals surface area (Å²) in [6.45, 7) is 0.501. The number of nitrogens with one attached hydrogen (secondary N) is 2. The van der Waals surface area contributed by atoms with E-state index < -0.39 is 17.9 Å². The van der Waals surface area contributed by atoms with Crippen molar-refractivity contribution >= 4 is 33.7 Å². The summed E-state index contributed by atoms with van der Waals surface area (Å²) in [7, 11) is 0. The summed E-state index contributed by atoms with van der Waals surface area (Å²) in [4.78, 5) is 42.5. The van der Waals surface area contributed by atoms with Crippen LogP contribution >= 0.6 is 15.9 Å². The van der Waals surface area contributed by atoms with E-state index in [4.69, 9.17) is 0 Å². The number of pyridine rings is 1. The molecule has 1 unspecified atom stereocenters. The van der Waals surface area contributed by atoms with Crippen LogP contribution in [0.4, 0.5) is 0 Å². The minimum atomic E-state index is -0.616. The Kier molecular flexibility index (Phi) is 5.62. The lowest BCUT2D eigenvalue weighted by Crippen LogP contribution is -2.51. The highest BCUT2D eigenvalue weighted by Gasteiger charge is 2.34. The molecule has 1 aliphatic rings. The molecule has 1 atom stereocenters. The van der Waals surface area contributed by atoms with Crippen LogP contribution in [0.1, 0.15) is 33.7 Å². The van der Waals surface area contributed by atoms with Gasteiger partial charge in [-0.1, -0.05) is 22.0 Å². The molecule has 1 saturated heterocycles. The normalized spacial score (nSPS) is 16.2. The first kappa shape index (κ1) is 18.1. The predicted molar refractivity (Wildman–Crippen MR) is 98.0 cm³/mol. The molecule has 26 heavy (non-hydrogen) atoms. The summed E-state index contributed by atoms with van der Waals surface area (Å²) in [5.74, 6) is -1.13. The summed E-state index contributed by atoms with van der Waals surface area (Å²) in [5.41, 5.74) is 5.44. The number of rotatable bonds is 3. The van der Waals surface area contributed by atoms with Crippen molar-refractivity contribution in [1.29, 1.82) is 0 Å². The van der Waals surface area contributed by atoms with Gasteiger partial charge in [0.1, 0.15) is 11.7 Å². The van der Waals surface area contributed by atoms with Crippen LogP contribution in [0.2, 0.25) is 0 Å². The number of carbonyl (C=O) groups excluding carboxylic acids is 3. The fraction of sp³-hybridized carbons (Fsp3) is 0.222. The second-order valence-electron chi connectivity index (χ2n) is 5.82. The zero-order chi connectivity index (χ0) is 18.5. The Morgan fingerprint density at radius 3 is 2.54 bits per heavy atom. The minimum Gasteiger partial charge on any atom is -0.327 e. The van der Waals surface area contributed by atoms with Gasteiger partial charge in [-0.3, -0.25) is 30.2 Å². The average Bonchev–Trinajstić information content (AvgIpc) is 3.16. The van der Waals surface area contributed by atoms with Gasteiger partial charge in [-0.2, -0.15) is 0 Å². The molecule has 1 aromatic carbocycles. The van der Waals surface area contributed by atoms with Crippen LogP contribution in [0.15, 0.2) is 53.1 Å². The molecule has 0 saturated carbocycles. The molecule has 0 spiro atoms. The first-order chi connectivity index (χ1) is 12.6. The fourth-order valence-corrected chi connectivity index (χ4v) is 3.07. The Bertz CT molecular complexity index is 811. The third-order valence-electron chi connectivity index (χ3n) is 4.10. The third-order valence-corrected chi connectivity index (χ3v) is 4.63. The molecule has 8 heteroatoms. The standard InChI is InChI=1S/C18H17BrN4O3/c19-13-8-6-12(7-9-13)18(26)23-11-3-5-15(23)17(25)22-21-16(24)14-4-1-2-10-20-14/h1-2,4,6-10,15H,3,5,11H2,(H,21,24)(H,22,25). The molecule has 3 amide bonds. The van der Waals surface area contributed by atoms with E-state index in [-0.39, 0.29) is 11.6 Å². The Morgan fingerprint density at radius 2 is 1.85 bits per heavy atom. The number of carbonyl (C=O) groups is 3. The van der Waals surface area contributed by atoms with Crippen molar-refractivity contribution in [2.75, 3.05) is 6.54 Å². The van der Waals surface area contributed by atoms with Gasteiger partial charge in [0, 0.05) is 22.8 Å². The molecular weight excluding hydrogens is 400 g/mol. The van der Waals surface area contributed by atoms with E-state index in [1.54, 1.807) is 42.5 Å². The molecule has 7 nitrogen and oxygen atoms in total. The number of benzene rings is 1. The van der Waals surface area contributed by atoms with Gasteiger partial charge in [0.2, 0.25) is 0 Å². The summed E-state index contributed by atoms with van der Waals surface area (Å²) in [6.07, 6.45) is 2.77. The smallest absolute Gasteiger partial charge is 0.288 e. The zero-order valence-electron chi connectivity index (χ0n) is 13.8. The minimum absolute atomic E-state index is 0.196. The maximum atomic E-state index is 12.7.